The minimum atomic E-state index is -0.987. The molecule has 4 rings (SSSR count). The highest BCUT2D eigenvalue weighted by molar-refractivity contribution is 7.80. The zero-order valence-corrected chi connectivity index (χ0v) is 20.9. The Bertz CT molecular complexity index is 1470. The number of hydrogen-bond acceptors (Lipinski definition) is 4. The SMILES string of the molecule is Cc1ccc(C)c(N2C(=O)/C(=C/c3cc(C)n(-c4ccc(C(=O)O)cc4C)c3C)C(=O)NC2=S)c1. The second-order valence-corrected chi connectivity index (χ2v) is 9.10. The number of aromatic nitrogens is 1. The van der Waals surface area contributed by atoms with Gasteiger partial charge in [-0.1, -0.05) is 12.1 Å². The molecule has 0 spiro atoms. The van der Waals surface area contributed by atoms with Crippen molar-refractivity contribution in [1.82, 2.24) is 9.88 Å². The molecule has 2 amide bonds. The van der Waals surface area contributed by atoms with Gasteiger partial charge in [0.05, 0.1) is 11.3 Å². The van der Waals surface area contributed by atoms with Gasteiger partial charge >= 0.3 is 5.97 Å². The van der Waals surface area contributed by atoms with E-state index in [-0.39, 0.29) is 16.2 Å². The topological polar surface area (TPSA) is 91.6 Å². The number of carboxylic acid groups (broad SMARTS) is 1. The van der Waals surface area contributed by atoms with E-state index >= 15 is 0 Å². The molecule has 0 atom stereocenters. The highest BCUT2D eigenvalue weighted by Gasteiger charge is 2.35. The third-order valence-corrected chi connectivity index (χ3v) is 6.45. The zero-order chi connectivity index (χ0) is 25.6. The van der Waals surface area contributed by atoms with Crippen LogP contribution in [0.15, 0.2) is 48.0 Å². The number of nitrogens with one attached hydrogen (secondary N) is 1. The maximum atomic E-state index is 13.5. The number of rotatable bonds is 4. The summed E-state index contributed by atoms with van der Waals surface area (Å²) in [5.41, 5.74) is 6.68. The minimum Gasteiger partial charge on any atom is -0.478 e. The Hall–Kier alpha value is -4.04. The molecule has 8 heteroatoms. The lowest BCUT2D eigenvalue weighted by molar-refractivity contribution is -0.122. The van der Waals surface area contributed by atoms with E-state index in [0.29, 0.717) is 11.3 Å². The maximum absolute atomic E-state index is 13.5. The lowest BCUT2D eigenvalue weighted by Crippen LogP contribution is -2.54. The lowest BCUT2D eigenvalue weighted by Gasteiger charge is -2.30. The second kappa shape index (κ2) is 8.96. The first kappa shape index (κ1) is 24.1. The molecule has 3 aromatic rings. The van der Waals surface area contributed by atoms with Crippen molar-refractivity contribution in [2.75, 3.05) is 4.90 Å². The summed E-state index contributed by atoms with van der Waals surface area (Å²) in [6, 6.07) is 12.6. The maximum Gasteiger partial charge on any atom is 0.335 e. The van der Waals surface area contributed by atoms with Crippen LogP contribution in [0.4, 0.5) is 5.69 Å². The molecular formula is C27H25N3O4S. The Kier molecular flexibility index (Phi) is 6.17. The number of anilines is 1. The molecule has 2 heterocycles. The predicted molar refractivity (Wildman–Crippen MR) is 139 cm³/mol. The van der Waals surface area contributed by atoms with Gasteiger partial charge in [-0.2, -0.15) is 0 Å². The molecule has 178 valence electrons. The van der Waals surface area contributed by atoms with Gasteiger partial charge in [-0.25, -0.2) is 4.79 Å². The van der Waals surface area contributed by atoms with Crippen molar-refractivity contribution < 1.29 is 19.5 Å². The first-order chi connectivity index (χ1) is 16.5. The molecule has 0 radical (unpaired) electrons. The molecule has 7 nitrogen and oxygen atoms in total. The fourth-order valence-corrected chi connectivity index (χ4v) is 4.61. The van der Waals surface area contributed by atoms with E-state index in [9.17, 15) is 19.5 Å². The Morgan fingerprint density at radius 2 is 1.66 bits per heavy atom. The molecule has 2 aromatic carbocycles. The number of nitrogens with zero attached hydrogens (tertiary/aromatic N) is 2. The smallest absolute Gasteiger partial charge is 0.335 e. The Morgan fingerprint density at radius 3 is 2.31 bits per heavy atom. The summed E-state index contributed by atoms with van der Waals surface area (Å²) in [5, 5.41) is 12.0. The lowest BCUT2D eigenvalue weighted by atomic mass is 10.0. The predicted octanol–water partition coefficient (Wildman–Crippen LogP) is 4.55. The number of hydrogen-bond donors (Lipinski definition) is 2. The van der Waals surface area contributed by atoms with Crippen LogP contribution in [0.25, 0.3) is 11.8 Å². The van der Waals surface area contributed by atoms with E-state index in [1.54, 1.807) is 24.3 Å². The fraction of sp³-hybridized carbons (Fsp3) is 0.185. The van der Waals surface area contributed by atoms with E-state index in [1.807, 2.05) is 63.5 Å². The van der Waals surface area contributed by atoms with Crippen LogP contribution in [-0.2, 0) is 9.59 Å². The summed E-state index contributed by atoms with van der Waals surface area (Å²) in [6.45, 7) is 9.47. The van der Waals surface area contributed by atoms with Crippen LogP contribution in [-0.4, -0.2) is 32.6 Å². The number of carbonyl (C=O) groups excluding carboxylic acids is 2. The average molecular weight is 488 g/mol. The zero-order valence-electron chi connectivity index (χ0n) is 20.1. The van der Waals surface area contributed by atoms with Gasteiger partial charge in [0.15, 0.2) is 5.11 Å². The summed E-state index contributed by atoms with van der Waals surface area (Å²) in [5.74, 6) is -2.02. The first-order valence-corrected chi connectivity index (χ1v) is 11.4. The van der Waals surface area contributed by atoms with E-state index in [4.69, 9.17) is 12.2 Å². The molecule has 0 bridgehead atoms. The van der Waals surface area contributed by atoms with Gasteiger partial charge in [0.1, 0.15) is 5.57 Å². The molecule has 35 heavy (non-hydrogen) atoms. The highest BCUT2D eigenvalue weighted by Crippen LogP contribution is 2.29. The van der Waals surface area contributed by atoms with Crippen LogP contribution >= 0.6 is 12.2 Å². The quantitative estimate of drug-likeness (QED) is 0.320. The third-order valence-electron chi connectivity index (χ3n) is 6.16. The number of carbonyl (C=O) groups is 3. The van der Waals surface area contributed by atoms with Crippen molar-refractivity contribution in [3.05, 3.63) is 87.2 Å². The first-order valence-electron chi connectivity index (χ1n) is 11.0. The number of amides is 2. The number of aromatic carboxylic acids is 1. The number of carboxylic acids is 1. The molecule has 1 fully saturated rings. The van der Waals surface area contributed by atoms with Gasteiger partial charge in [-0.15, -0.1) is 0 Å². The molecule has 2 N–H and O–H groups in total. The van der Waals surface area contributed by atoms with Crippen molar-refractivity contribution in [2.24, 2.45) is 0 Å². The van der Waals surface area contributed by atoms with Gasteiger partial charge < -0.3 is 9.67 Å². The molecule has 1 aliphatic heterocycles. The second-order valence-electron chi connectivity index (χ2n) is 8.72. The number of thiocarbonyl (C=S) groups is 1. The van der Waals surface area contributed by atoms with Crippen molar-refractivity contribution in [1.29, 1.82) is 0 Å². The molecule has 0 unspecified atom stereocenters. The van der Waals surface area contributed by atoms with Gasteiger partial charge in [0.2, 0.25) is 0 Å². The molecule has 1 saturated heterocycles. The molecule has 1 aromatic heterocycles. The van der Waals surface area contributed by atoms with E-state index < -0.39 is 17.8 Å². The summed E-state index contributed by atoms with van der Waals surface area (Å²) < 4.78 is 1.98. The van der Waals surface area contributed by atoms with E-state index in [2.05, 4.69) is 5.32 Å². The number of benzene rings is 2. The highest BCUT2D eigenvalue weighted by atomic mass is 32.1. The van der Waals surface area contributed by atoms with Crippen LogP contribution in [0.3, 0.4) is 0 Å². The summed E-state index contributed by atoms with van der Waals surface area (Å²) in [4.78, 5) is 39.0. The largest absolute Gasteiger partial charge is 0.478 e. The van der Waals surface area contributed by atoms with E-state index in [0.717, 1.165) is 33.8 Å². The Balaban J connectivity index is 1.79. The van der Waals surface area contributed by atoms with Gasteiger partial charge in [0.25, 0.3) is 11.8 Å². The monoisotopic (exact) mass is 487 g/mol. The van der Waals surface area contributed by atoms with Gasteiger partial charge in [-0.3, -0.25) is 19.8 Å². The molecule has 1 aliphatic rings. The minimum absolute atomic E-state index is 0.0160. The van der Waals surface area contributed by atoms with Crippen LogP contribution in [0.2, 0.25) is 0 Å². The van der Waals surface area contributed by atoms with Crippen molar-refractivity contribution in [2.45, 2.75) is 34.6 Å². The van der Waals surface area contributed by atoms with Crippen LogP contribution in [0.1, 0.15) is 44.0 Å². The van der Waals surface area contributed by atoms with Gasteiger partial charge in [0, 0.05) is 17.1 Å². The fourth-order valence-electron chi connectivity index (χ4n) is 4.34. The summed E-state index contributed by atoms with van der Waals surface area (Å²) in [7, 11) is 0. The van der Waals surface area contributed by atoms with E-state index in [1.165, 1.54) is 4.90 Å². The van der Waals surface area contributed by atoms with Crippen molar-refractivity contribution in [3.8, 4) is 5.69 Å². The Morgan fingerprint density at radius 1 is 0.943 bits per heavy atom. The summed E-state index contributed by atoms with van der Waals surface area (Å²) in [6.07, 6.45) is 1.58. The van der Waals surface area contributed by atoms with Gasteiger partial charge in [-0.05, 0) is 105 Å². The normalized spacial score (nSPS) is 15.1. The molecule has 0 aliphatic carbocycles. The van der Waals surface area contributed by atoms with Crippen molar-refractivity contribution in [3.63, 3.8) is 0 Å². The van der Waals surface area contributed by atoms with Crippen LogP contribution in [0.5, 0.6) is 0 Å². The van der Waals surface area contributed by atoms with Crippen molar-refractivity contribution >= 4 is 46.9 Å². The number of aryl methyl sites for hydroxylation is 4. The molecule has 0 saturated carbocycles. The molecular weight excluding hydrogens is 462 g/mol. The third kappa shape index (κ3) is 4.28. The standard InChI is InChI=1S/C27H25N3O4S/c1-14-6-7-15(2)23(10-14)30-25(32)21(24(31)28-27(30)35)13-20-12-17(4)29(18(20)5)22-9-8-19(26(33)34)11-16(22)3/h6-13H,1-5H3,(H,33,34)(H,28,31,35)/b21-13+. The average Bonchev–Trinajstić information content (AvgIpc) is 3.06. The van der Waals surface area contributed by atoms with Crippen LogP contribution < -0.4 is 10.2 Å². The van der Waals surface area contributed by atoms with Crippen LogP contribution in [0, 0.1) is 34.6 Å². The Labute approximate surface area is 208 Å². The summed E-state index contributed by atoms with van der Waals surface area (Å²) >= 11 is 5.34.